The zero-order chi connectivity index (χ0) is 8.48. The summed E-state index contributed by atoms with van der Waals surface area (Å²) in [7, 11) is 0. The fraction of sp³-hybridized carbons (Fsp3) is 1.00. The van der Waals surface area contributed by atoms with Crippen molar-refractivity contribution >= 4 is 0 Å². The van der Waals surface area contributed by atoms with Gasteiger partial charge < -0.3 is 5.32 Å². The normalized spacial score (nSPS) is 30.8. The molecule has 1 nitrogen and oxygen atoms in total. The predicted octanol–water partition coefficient (Wildman–Crippen LogP) is 1.89. The molecular weight excluding hydrogens is 148 g/mol. The van der Waals surface area contributed by atoms with E-state index in [-0.39, 0.29) is 18.9 Å². The first-order chi connectivity index (χ1) is 5.01. The van der Waals surface area contributed by atoms with E-state index in [0.717, 1.165) is 6.54 Å². The number of piperidine rings is 1. The minimum Gasteiger partial charge on any atom is -0.311 e. The van der Waals surface area contributed by atoms with E-state index in [1.165, 1.54) is 0 Å². The van der Waals surface area contributed by atoms with Crippen molar-refractivity contribution in [3.8, 4) is 0 Å². The number of nitrogens with one attached hydrogen (secondary N) is 1. The van der Waals surface area contributed by atoms with Crippen LogP contribution in [0.1, 0.15) is 20.3 Å². The van der Waals surface area contributed by atoms with Crippen LogP contribution in [0.15, 0.2) is 0 Å². The molecule has 0 bridgehead atoms. The second kappa shape index (κ2) is 3.05. The molecular formula is C8H15F2N. The molecule has 0 aromatic heterocycles. The first kappa shape index (κ1) is 8.91. The Labute approximate surface area is 66.2 Å². The standard InChI is InChI=1S/C8H15F2N/c1-6(2)7-3-8(9,10)5-11-4-7/h6-7,11H,3-5H2,1-2H3/t7-/m0/s1. The molecule has 0 radical (unpaired) electrons. The average molecular weight is 163 g/mol. The van der Waals surface area contributed by atoms with E-state index in [1.807, 2.05) is 13.8 Å². The summed E-state index contributed by atoms with van der Waals surface area (Å²) in [5.41, 5.74) is 0. The van der Waals surface area contributed by atoms with Crippen LogP contribution in [0.5, 0.6) is 0 Å². The zero-order valence-electron chi connectivity index (χ0n) is 7.03. The molecule has 0 aliphatic carbocycles. The van der Waals surface area contributed by atoms with Gasteiger partial charge in [0, 0.05) is 6.42 Å². The van der Waals surface area contributed by atoms with Gasteiger partial charge in [-0.2, -0.15) is 0 Å². The Morgan fingerprint density at radius 2 is 2.09 bits per heavy atom. The molecule has 1 saturated heterocycles. The molecule has 0 aromatic carbocycles. The van der Waals surface area contributed by atoms with Crippen molar-refractivity contribution in [2.75, 3.05) is 13.1 Å². The molecule has 0 amide bonds. The summed E-state index contributed by atoms with van der Waals surface area (Å²) in [5.74, 6) is -1.99. The lowest BCUT2D eigenvalue weighted by molar-refractivity contribution is -0.0463. The quantitative estimate of drug-likeness (QED) is 0.622. The van der Waals surface area contributed by atoms with Gasteiger partial charge in [0.05, 0.1) is 6.54 Å². The minimum atomic E-state index is -2.48. The maximum atomic E-state index is 12.8. The monoisotopic (exact) mass is 163 g/mol. The van der Waals surface area contributed by atoms with Crippen LogP contribution in [0.4, 0.5) is 8.78 Å². The molecule has 1 fully saturated rings. The van der Waals surface area contributed by atoms with Crippen LogP contribution < -0.4 is 5.32 Å². The van der Waals surface area contributed by atoms with Crippen LogP contribution in [-0.2, 0) is 0 Å². The van der Waals surface area contributed by atoms with Gasteiger partial charge in [0.25, 0.3) is 5.92 Å². The molecule has 1 aliphatic rings. The number of hydrogen-bond donors (Lipinski definition) is 1. The molecule has 0 saturated carbocycles. The Hall–Kier alpha value is -0.180. The lowest BCUT2D eigenvalue weighted by Crippen LogP contribution is -2.45. The fourth-order valence-corrected chi connectivity index (χ4v) is 1.44. The van der Waals surface area contributed by atoms with Crippen LogP contribution in [0.2, 0.25) is 0 Å². The largest absolute Gasteiger partial charge is 0.311 e. The van der Waals surface area contributed by atoms with Gasteiger partial charge in [-0.25, -0.2) is 8.78 Å². The summed E-state index contributed by atoms with van der Waals surface area (Å²) < 4.78 is 25.5. The van der Waals surface area contributed by atoms with Crippen LogP contribution in [-0.4, -0.2) is 19.0 Å². The highest BCUT2D eigenvalue weighted by Gasteiger charge is 2.36. The van der Waals surface area contributed by atoms with Crippen molar-refractivity contribution in [1.29, 1.82) is 0 Å². The van der Waals surface area contributed by atoms with Crippen molar-refractivity contribution in [2.45, 2.75) is 26.2 Å². The molecule has 1 aliphatic heterocycles. The third kappa shape index (κ3) is 2.40. The second-order valence-corrected chi connectivity index (χ2v) is 3.70. The van der Waals surface area contributed by atoms with Crippen LogP contribution in [0.3, 0.4) is 0 Å². The van der Waals surface area contributed by atoms with Gasteiger partial charge in [0.2, 0.25) is 0 Å². The molecule has 3 heteroatoms. The first-order valence-corrected chi connectivity index (χ1v) is 4.10. The topological polar surface area (TPSA) is 12.0 Å². The minimum absolute atomic E-state index is 0.0532. The lowest BCUT2D eigenvalue weighted by Gasteiger charge is -2.31. The Morgan fingerprint density at radius 3 is 2.45 bits per heavy atom. The van der Waals surface area contributed by atoms with E-state index in [9.17, 15) is 8.78 Å². The molecule has 1 rings (SSSR count). The zero-order valence-corrected chi connectivity index (χ0v) is 7.03. The number of alkyl halides is 2. The molecule has 1 atom stereocenters. The van der Waals surface area contributed by atoms with Gasteiger partial charge in [-0.15, -0.1) is 0 Å². The third-order valence-electron chi connectivity index (χ3n) is 2.29. The maximum Gasteiger partial charge on any atom is 0.260 e. The average Bonchev–Trinajstić information content (AvgIpc) is 1.85. The van der Waals surface area contributed by atoms with Gasteiger partial charge in [-0.3, -0.25) is 0 Å². The van der Waals surface area contributed by atoms with Gasteiger partial charge in [0.15, 0.2) is 0 Å². The van der Waals surface area contributed by atoms with Crippen molar-refractivity contribution in [3.05, 3.63) is 0 Å². The molecule has 11 heavy (non-hydrogen) atoms. The van der Waals surface area contributed by atoms with Crippen LogP contribution in [0, 0.1) is 11.8 Å². The summed E-state index contributed by atoms with van der Waals surface area (Å²) >= 11 is 0. The van der Waals surface area contributed by atoms with Crippen molar-refractivity contribution in [2.24, 2.45) is 11.8 Å². The lowest BCUT2D eigenvalue weighted by atomic mass is 9.87. The van der Waals surface area contributed by atoms with E-state index in [0.29, 0.717) is 5.92 Å². The highest BCUT2D eigenvalue weighted by atomic mass is 19.3. The van der Waals surface area contributed by atoms with E-state index < -0.39 is 5.92 Å². The van der Waals surface area contributed by atoms with E-state index >= 15 is 0 Å². The Morgan fingerprint density at radius 1 is 1.45 bits per heavy atom. The van der Waals surface area contributed by atoms with Crippen molar-refractivity contribution in [1.82, 2.24) is 5.32 Å². The molecule has 0 unspecified atom stereocenters. The number of rotatable bonds is 1. The summed E-state index contributed by atoms with van der Waals surface area (Å²) in [5, 5.41) is 2.76. The second-order valence-electron chi connectivity index (χ2n) is 3.70. The van der Waals surface area contributed by atoms with Crippen molar-refractivity contribution in [3.63, 3.8) is 0 Å². The predicted molar refractivity (Wildman–Crippen MR) is 40.8 cm³/mol. The summed E-state index contributed by atoms with van der Waals surface area (Å²) in [6, 6.07) is 0. The Balaban J connectivity index is 2.46. The van der Waals surface area contributed by atoms with Crippen LogP contribution >= 0.6 is 0 Å². The first-order valence-electron chi connectivity index (χ1n) is 4.10. The third-order valence-corrected chi connectivity index (χ3v) is 2.29. The smallest absolute Gasteiger partial charge is 0.260 e. The molecule has 0 spiro atoms. The van der Waals surface area contributed by atoms with Gasteiger partial charge >= 0.3 is 0 Å². The highest BCUT2D eigenvalue weighted by molar-refractivity contribution is 4.82. The van der Waals surface area contributed by atoms with E-state index in [2.05, 4.69) is 5.32 Å². The summed E-state index contributed by atoms with van der Waals surface area (Å²) in [4.78, 5) is 0. The Bertz CT molecular complexity index is 134. The van der Waals surface area contributed by atoms with Gasteiger partial charge in [-0.1, -0.05) is 13.8 Å². The summed E-state index contributed by atoms with van der Waals surface area (Å²) in [6.07, 6.45) is 0.0532. The summed E-state index contributed by atoms with van der Waals surface area (Å²) in [6.45, 7) is 4.59. The van der Waals surface area contributed by atoms with E-state index in [4.69, 9.17) is 0 Å². The molecule has 1 heterocycles. The van der Waals surface area contributed by atoms with Gasteiger partial charge in [-0.05, 0) is 18.4 Å². The fourth-order valence-electron chi connectivity index (χ4n) is 1.44. The van der Waals surface area contributed by atoms with E-state index in [1.54, 1.807) is 0 Å². The number of hydrogen-bond acceptors (Lipinski definition) is 1. The molecule has 66 valence electrons. The SMILES string of the molecule is CC(C)[C@@H]1CNCC(F)(F)C1. The van der Waals surface area contributed by atoms with Gasteiger partial charge in [0.1, 0.15) is 0 Å². The van der Waals surface area contributed by atoms with Crippen LogP contribution in [0.25, 0.3) is 0 Å². The molecule has 1 N–H and O–H groups in total. The highest BCUT2D eigenvalue weighted by Crippen LogP contribution is 2.29. The Kier molecular flexibility index (Phi) is 2.47. The maximum absolute atomic E-state index is 12.8. The van der Waals surface area contributed by atoms with Crippen molar-refractivity contribution < 1.29 is 8.78 Å². The molecule has 0 aromatic rings. The number of halogens is 2.